The van der Waals surface area contributed by atoms with Crippen LogP contribution in [0.4, 0.5) is 10.1 Å². The van der Waals surface area contributed by atoms with E-state index in [0.717, 1.165) is 31.0 Å². The molecule has 2 rings (SSSR count). The predicted molar refractivity (Wildman–Crippen MR) is 71.2 cm³/mol. The van der Waals surface area contributed by atoms with E-state index in [0.29, 0.717) is 11.3 Å². The SMILES string of the molecule is C[C@@H](O)c1cccc(F)c1N1CCCSCC1. The zero-order valence-corrected chi connectivity index (χ0v) is 10.8. The van der Waals surface area contributed by atoms with Gasteiger partial charge in [0, 0.05) is 24.4 Å². The van der Waals surface area contributed by atoms with Gasteiger partial charge in [-0.15, -0.1) is 0 Å². The van der Waals surface area contributed by atoms with Crippen molar-refractivity contribution >= 4 is 17.4 Å². The first-order chi connectivity index (χ1) is 8.20. The molecule has 1 aromatic rings. The van der Waals surface area contributed by atoms with Crippen LogP contribution >= 0.6 is 11.8 Å². The van der Waals surface area contributed by atoms with Crippen molar-refractivity contribution in [1.82, 2.24) is 0 Å². The lowest BCUT2D eigenvalue weighted by molar-refractivity contribution is 0.199. The Hall–Kier alpha value is -0.740. The van der Waals surface area contributed by atoms with E-state index in [1.807, 2.05) is 11.8 Å². The van der Waals surface area contributed by atoms with E-state index in [4.69, 9.17) is 0 Å². The summed E-state index contributed by atoms with van der Waals surface area (Å²) in [6.45, 7) is 3.41. The molecule has 4 heteroatoms. The Labute approximate surface area is 106 Å². The lowest BCUT2D eigenvalue weighted by Crippen LogP contribution is -2.28. The number of aliphatic hydroxyl groups is 1. The van der Waals surface area contributed by atoms with Crippen molar-refractivity contribution in [3.8, 4) is 0 Å². The van der Waals surface area contributed by atoms with Crippen molar-refractivity contribution in [2.45, 2.75) is 19.4 Å². The minimum atomic E-state index is -0.628. The first-order valence-corrected chi connectivity index (χ1v) is 7.15. The second-order valence-electron chi connectivity index (χ2n) is 4.31. The van der Waals surface area contributed by atoms with Gasteiger partial charge in [0.05, 0.1) is 11.8 Å². The summed E-state index contributed by atoms with van der Waals surface area (Å²) in [4.78, 5) is 2.07. The van der Waals surface area contributed by atoms with Gasteiger partial charge in [-0.2, -0.15) is 11.8 Å². The molecule has 17 heavy (non-hydrogen) atoms. The van der Waals surface area contributed by atoms with Gasteiger partial charge in [-0.05, 0) is 25.2 Å². The van der Waals surface area contributed by atoms with Crippen molar-refractivity contribution in [2.75, 3.05) is 29.5 Å². The molecule has 1 heterocycles. The van der Waals surface area contributed by atoms with Crippen LogP contribution in [0, 0.1) is 5.82 Å². The summed E-state index contributed by atoms with van der Waals surface area (Å²) in [5.74, 6) is 1.93. The first-order valence-electron chi connectivity index (χ1n) is 5.99. The van der Waals surface area contributed by atoms with Gasteiger partial charge in [0.2, 0.25) is 0 Å². The van der Waals surface area contributed by atoms with Crippen LogP contribution in [0.3, 0.4) is 0 Å². The maximum absolute atomic E-state index is 14.0. The average Bonchev–Trinajstić information content (AvgIpc) is 2.57. The van der Waals surface area contributed by atoms with Crippen LogP contribution in [0.1, 0.15) is 25.0 Å². The number of para-hydroxylation sites is 1. The maximum atomic E-state index is 14.0. The van der Waals surface area contributed by atoms with E-state index in [1.54, 1.807) is 19.1 Å². The number of thioether (sulfide) groups is 1. The van der Waals surface area contributed by atoms with Crippen LogP contribution in [0.2, 0.25) is 0 Å². The Bertz CT molecular complexity index is 376. The molecule has 2 nitrogen and oxygen atoms in total. The minimum absolute atomic E-state index is 0.227. The molecule has 0 radical (unpaired) electrons. The van der Waals surface area contributed by atoms with Crippen molar-refractivity contribution in [2.24, 2.45) is 0 Å². The highest BCUT2D eigenvalue weighted by Crippen LogP contribution is 2.30. The zero-order valence-electron chi connectivity index (χ0n) is 10.0. The molecule has 1 saturated heterocycles. The number of benzene rings is 1. The second kappa shape index (κ2) is 5.74. The van der Waals surface area contributed by atoms with E-state index in [2.05, 4.69) is 4.90 Å². The normalized spacial score (nSPS) is 18.9. The van der Waals surface area contributed by atoms with Gasteiger partial charge in [0.1, 0.15) is 5.82 Å². The summed E-state index contributed by atoms with van der Waals surface area (Å²) >= 11 is 1.91. The summed E-state index contributed by atoms with van der Waals surface area (Å²) in [5.41, 5.74) is 1.28. The second-order valence-corrected chi connectivity index (χ2v) is 5.53. The largest absolute Gasteiger partial charge is 0.389 e. The molecule has 0 saturated carbocycles. The zero-order chi connectivity index (χ0) is 12.3. The van der Waals surface area contributed by atoms with Gasteiger partial charge >= 0.3 is 0 Å². The number of aliphatic hydroxyl groups excluding tert-OH is 1. The van der Waals surface area contributed by atoms with E-state index >= 15 is 0 Å². The standard InChI is InChI=1S/C13H18FNOS/c1-10(16)11-4-2-5-12(14)13(11)15-6-3-8-17-9-7-15/h2,4-5,10,16H,3,6-9H2,1H3/t10-/m1/s1. The highest BCUT2D eigenvalue weighted by Gasteiger charge is 2.19. The quantitative estimate of drug-likeness (QED) is 0.879. The van der Waals surface area contributed by atoms with Gasteiger partial charge in [-0.25, -0.2) is 4.39 Å². The lowest BCUT2D eigenvalue weighted by atomic mass is 10.1. The highest BCUT2D eigenvalue weighted by atomic mass is 32.2. The van der Waals surface area contributed by atoms with Gasteiger partial charge in [-0.3, -0.25) is 0 Å². The van der Waals surface area contributed by atoms with Crippen LogP contribution in [-0.2, 0) is 0 Å². The molecule has 0 aliphatic carbocycles. The third-order valence-corrected chi connectivity index (χ3v) is 4.06. The molecule has 0 aromatic heterocycles. The summed E-state index contributed by atoms with van der Waals surface area (Å²) in [5, 5.41) is 9.73. The fourth-order valence-corrected chi connectivity index (χ4v) is 3.06. The maximum Gasteiger partial charge on any atom is 0.146 e. The van der Waals surface area contributed by atoms with Crippen LogP contribution in [-0.4, -0.2) is 29.7 Å². The molecule has 0 unspecified atom stereocenters. The molecule has 1 aliphatic rings. The van der Waals surface area contributed by atoms with Gasteiger partial charge in [-0.1, -0.05) is 12.1 Å². The predicted octanol–water partition coefficient (Wildman–Crippen LogP) is 2.82. The van der Waals surface area contributed by atoms with Crippen molar-refractivity contribution < 1.29 is 9.50 Å². The molecule has 1 N–H and O–H groups in total. The first kappa shape index (κ1) is 12.7. The third-order valence-electron chi connectivity index (χ3n) is 3.01. The molecule has 1 aromatic carbocycles. The molecule has 94 valence electrons. The Balaban J connectivity index is 2.34. The smallest absolute Gasteiger partial charge is 0.146 e. The molecule has 1 atom stereocenters. The number of anilines is 1. The number of rotatable bonds is 2. The van der Waals surface area contributed by atoms with E-state index in [1.165, 1.54) is 6.07 Å². The summed E-state index contributed by atoms with van der Waals surface area (Å²) in [6, 6.07) is 4.94. The number of hydrogen-bond donors (Lipinski definition) is 1. The van der Waals surface area contributed by atoms with Crippen LogP contribution < -0.4 is 4.90 Å². The Morgan fingerprint density at radius 2 is 2.18 bits per heavy atom. The van der Waals surface area contributed by atoms with Gasteiger partial charge < -0.3 is 10.0 Å². The fraction of sp³-hybridized carbons (Fsp3) is 0.538. The highest BCUT2D eigenvalue weighted by molar-refractivity contribution is 7.99. The van der Waals surface area contributed by atoms with Crippen molar-refractivity contribution in [3.63, 3.8) is 0 Å². The fourth-order valence-electron chi connectivity index (χ4n) is 2.17. The Kier molecular flexibility index (Phi) is 4.29. The number of nitrogens with zero attached hydrogens (tertiary/aromatic N) is 1. The van der Waals surface area contributed by atoms with Crippen molar-refractivity contribution in [3.05, 3.63) is 29.6 Å². The minimum Gasteiger partial charge on any atom is -0.389 e. The van der Waals surface area contributed by atoms with Gasteiger partial charge in [0.25, 0.3) is 0 Å². The van der Waals surface area contributed by atoms with E-state index < -0.39 is 6.10 Å². The summed E-state index contributed by atoms with van der Waals surface area (Å²) in [7, 11) is 0. The van der Waals surface area contributed by atoms with Gasteiger partial charge in [0.15, 0.2) is 0 Å². The van der Waals surface area contributed by atoms with Crippen LogP contribution in [0.25, 0.3) is 0 Å². The number of halogens is 1. The molecule has 0 amide bonds. The molecular formula is C13H18FNOS. The van der Waals surface area contributed by atoms with E-state index in [9.17, 15) is 9.50 Å². The molecule has 1 fully saturated rings. The van der Waals surface area contributed by atoms with Crippen molar-refractivity contribution in [1.29, 1.82) is 0 Å². The van der Waals surface area contributed by atoms with Crippen LogP contribution in [0.5, 0.6) is 0 Å². The monoisotopic (exact) mass is 255 g/mol. The topological polar surface area (TPSA) is 23.5 Å². The molecule has 0 spiro atoms. The summed E-state index contributed by atoms with van der Waals surface area (Å²) < 4.78 is 14.0. The molecule has 0 bridgehead atoms. The molecule has 1 aliphatic heterocycles. The Morgan fingerprint density at radius 3 is 2.94 bits per heavy atom. The van der Waals surface area contributed by atoms with E-state index in [-0.39, 0.29) is 5.82 Å². The van der Waals surface area contributed by atoms with Crippen LogP contribution in [0.15, 0.2) is 18.2 Å². The third kappa shape index (κ3) is 2.93. The lowest BCUT2D eigenvalue weighted by Gasteiger charge is -2.26. The number of hydrogen-bond acceptors (Lipinski definition) is 3. The molecular weight excluding hydrogens is 237 g/mol. The summed E-state index contributed by atoms with van der Waals surface area (Å²) in [6.07, 6.45) is 0.440. The average molecular weight is 255 g/mol. The Morgan fingerprint density at radius 1 is 1.35 bits per heavy atom.